The van der Waals surface area contributed by atoms with Gasteiger partial charge in [0, 0.05) is 11.3 Å². The minimum Gasteiger partial charge on any atom is -0.497 e. The number of hydrazone groups is 1. The van der Waals surface area contributed by atoms with Crippen LogP contribution in [0.5, 0.6) is 5.75 Å². The first kappa shape index (κ1) is 17.8. The smallest absolute Gasteiger partial charge is 0.329 e. The van der Waals surface area contributed by atoms with Gasteiger partial charge in [-0.3, -0.25) is 9.59 Å². The number of nitrogens with one attached hydrogen (secondary N) is 2. The molecule has 6 nitrogen and oxygen atoms in total. The van der Waals surface area contributed by atoms with Crippen molar-refractivity contribution in [1.82, 2.24) is 5.43 Å². The molecule has 0 fully saturated rings. The average Bonchev–Trinajstić information content (AvgIpc) is 2.58. The van der Waals surface area contributed by atoms with Crippen molar-refractivity contribution in [3.05, 3.63) is 58.1 Å². The number of carbonyl (C=O) groups excluding carboxylic acids is 2. The summed E-state index contributed by atoms with van der Waals surface area (Å²) in [6, 6.07) is 11.5. The first-order valence-corrected chi connectivity index (χ1v) is 7.49. The molecule has 0 saturated carbocycles. The van der Waals surface area contributed by atoms with Gasteiger partial charge in [0.2, 0.25) is 0 Å². The Morgan fingerprint density at radius 3 is 2.25 bits per heavy atom. The summed E-state index contributed by atoms with van der Waals surface area (Å²) in [7, 11) is 1.53. The van der Waals surface area contributed by atoms with Crippen molar-refractivity contribution < 1.29 is 14.3 Å². The third-order valence-corrected chi connectivity index (χ3v) is 3.57. The number of hydrogen-bond donors (Lipinski definition) is 2. The van der Waals surface area contributed by atoms with E-state index in [1.165, 1.54) is 13.3 Å². The summed E-state index contributed by atoms with van der Waals surface area (Å²) < 4.78 is 5.00. The maximum atomic E-state index is 11.8. The van der Waals surface area contributed by atoms with Gasteiger partial charge in [0.25, 0.3) is 0 Å². The molecule has 2 aromatic rings. The second kappa shape index (κ2) is 8.33. The quantitative estimate of drug-likeness (QED) is 0.496. The molecule has 0 saturated heterocycles. The first-order chi connectivity index (χ1) is 11.5. The molecule has 0 aromatic heterocycles. The van der Waals surface area contributed by atoms with Crippen LogP contribution in [0.2, 0.25) is 10.0 Å². The summed E-state index contributed by atoms with van der Waals surface area (Å²) >= 11 is 11.9. The predicted molar refractivity (Wildman–Crippen MR) is 93.8 cm³/mol. The molecule has 124 valence electrons. The van der Waals surface area contributed by atoms with Crippen LogP contribution in [0.3, 0.4) is 0 Å². The molecule has 8 heteroatoms. The fourth-order valence-electron chi connectivity index (χ4n) is 1.70. The monoisotopic (exact) mass is 365 g/mol. The number of anilines is 1. The molecule has 0 heterocycles. The van der Waals surface area contributed by atoms with Gasteiger partial charge < -0.3 is 10.1 Å². The van der Waals surface area contributed by atoms with E-state index in [1.54, 1.807) is 42.5 Å². The zero-order valence-corrected chi connectivity index (χ0v) is 14.1. The van der Waals surface area contributed by atoms with Gasteiger partial charge in [-0.05, 0) is 36.4 Å². The van der Waals surface area contributed by atoms with Crippen molar-refractivity contribution in [2.24, 2.45) is 5.10 Å². The zero-order valence-electron chi connectivity index (χ0n) is 12.5. The van der Waals surface area contributed by atoms with Crippen molar-refractivity contribution in [1.29, 1.82) is 0 Å². The number of methoxy groups -OCH3 is 1. The minimum atomic E-state index is -0.926. The molecule has 2 aromatic carbocycles. The molecule has 2 rings (SSSR count). The van der Waals surface area contributed by atoms with Crippen LogP contribution in [-0.2, 0) is 9.59 Å². The van der Waals surface area contributed by atoms with Gasteiger partial charge in [0.1, 0.15) is 5.75 Å². The lowest BCUT2D eigenvalue weighted by Crippen LogP contribution is -2.32. The van der Waals surface area contributed by atoms with Crippen molar-refractivity contribution in [3.63, 3.8) is 0 Å². The van der Waals surface area contributed by atoms with Crippen molar-refractivity contribution in [2.75, 3.05) is 12.4 Å². The number of hydrogen-bond acceptors (Lipinski definition) is 4. The second-order valence-electron chi connectivity index (χ2n) is 4.52. The molecule has 24 heavy (non-hydrogen) atoms. The second-order valence-corrected chi connectivity index (χ2v) is 5.33. The normalized spacial score (nSPS) is 10.5. The highest BCUT2D eigenvalue weighted by atomic mass is 35.5. The summed E-state index contributed by atoms with van der Waals surface area (Å²) in [5, 5.41) is 6.87. The highest BCUT2D eigenvalue weighted by molar-refractivity contribution is 6.40. The Hall–Kier alpha value is -2.57. The van der Waals surface area contributed by atoms with Crippen LogP contribution in [0, 0.1) is 0 Å². The molecule has 0 aliphatic heterocycles. The number of ether oxygens (including phenoxy) is 1. The summed E-state index contributed by atoms with van der Waals surface area (Å²) in [4.78, 5) is 23.5. The van der Waals surface area contributed by atoms with Crippen molar-refractivity contribution in [2.45, 2.75) is 0 Å². The number of rotatable bonds is 4. The van der Waals surface area contributed by atoms with Gasteiger partial charge in [-0.1, -0.05) is 29.3 Å². The zero-order chi connectivity index (χ0) is 17.5. The number of amides is 2. The fraction of sp³-hybridized carbons (Fsp3) is 0.0625. The molecule has 0 aliphatic rings. The van der Waals surface area contributed by atoms with Crippen LogP contribution in [0.15, 0.2) is 47.6 Å². The van der Waals surface area contributed by atoms with Gasteiger partial charge in [0.05, 0.1) is 23.4 Å². The van der Waals surface area contributed by atoms with Gasteiger partial charge in [0.15, 0.2) is 0 Å². The standard InChI is InChI=1S/C16H13Cl2N3O3/c1-24-11-7-5-10(6-8-11)20-15(22)16(23)21-19-9-12-13(17)3-2-4-14(12)18/h2-9H,1H3,(H,20,22)(H,21,23)/b19-9+. The van der Waals surface area contributed by atoms with Gasteiger partial charge in [-0.2, -0.15) is 5.10 Å². The van der Waals surface area contributed by atoms with E-state index < -0.39 is 11.8 Å². The van der Waals surface area contributed by atoms with Gasteiger partial charge >= 0.3 is 11.8 Å². The Balaban J connectivity index is 1.94. The number of halogens is 2. The van der Waals surface area contributed by atoms with Crippen LogP contribution in [0.4, 0.5) is 5.69 Å². The first-order valence-electron chi connectivity index (χ1n) is 6.73. The van der Waals surface area contributed by atoms with E-state index >= 15 is 0 Å². The highest BCUT2D eigenvalue weighted by Gasteiger charge is 2.13. The Morgan fingerprint density at radius 1 is 1.04 bits per heavy atom. The van der Waals surface area contributed by atoms with Crippen molar-refractivity contribution >= 4 is 46.9 Å². The van der Waals surface area contributed by atoms with Crippen LogP contribution in [-0.4, -0.2) is 25.1 Å². The lowest BCUT2D eigenvalue weighted by molar-refractivity contribution is -0.136. The van der Waals surface area contributed by atoms with E-state index in [0.29, 0.717) is 27.0 Å². The summed E-state index contributed by atoms with van der Waals surface area (Å²) in [5.74, 6) is -1.15. The molecule has 0 unspecified atom stereocenters. The maximum Gasteiger partial charge on any atom is 0.329 e. The number of nitrogens with zero attached hydrogens (tertiary/aromatic N) is 1. The Kier molecular flexibility index (Phi) is 6.17. The largest absolute Gasteiger partial charge is 0.497 e. The summed E-state index contributed by atoms with van der Waals surface area (Å²) in [6.07, 6.45) is 1.27. The molecule has 0 spiro atoms. The van der Waals surface area contributed by atoms with E-state index in [2.05, 4.69) is 15.8 Å². The Morgan fingerprint density at radius 2 is 1.67 bits per heavy atom. The summed E-state index contributed by atoms with van der Waals surface area (Å²) in [5.41, 5.74) is 3.00. The number of carbonyl (C=O) groups is 2. The minimum absolute atomic E-state index is 0.378. The number of benzene rings is 2. The molecule has 0 aliphatic carbocycles. The van der Waals surface area contributed by atoms with Crippen LogP contribution in [0.1, 0.15) is 5.56 Å². The molecular formula is C16H13Cl2N3O3. The van der Waals surface area contributed by atoms with E-state index in [-0.39, 0.29) is 0 Å². The Bertz CT molecular complexity index is 756. The van der Waals surface area contributed by atoms with Crippen molar-refractivity contribution in [3.8, 4) is 5.75 Å². The maximum absolute atomic E-state index is 11.8. The van der Waals surface area contributed by atoms with E-state index in [0.717, 1.165) is 0 Å². The SMILES string of the molecule is COc1ccc(NC(=O)C(=O)N/N=C/c2c(Cl)cccc2Cl)cc1. The van der Waals surface area contributed by atoms with Gasteiger partial charge in [-0.25, -0.2) is 5.43 Å². The predicted octanol–water partition coefficient (Wildman–Crippen LogP) is 3.09. The van der Waals surface area contributed by atoms with E-state index in [9.17, 15) is 9.59 Å². The third kappa shape index (κ3) is 4.71. The third-order valence-electron chi connectivity index (χ3n) is 2.91. The lowest BCUT2D eigenvalue weighted by atomic mass is 10.2. The topological polar surface area (TPSA) is 79.8 Å². The van der Waals surface area contributed by atoms with Crippen LogP contribution >= 0.6 is 23.2 Å². The molecule has 0 atom stereocenters. The lowest BCUT2D eigenvalue weighted by Gasteiger charge is -2.05. The van der Waals surface area contributed by atoms with E-state index in [4.69, 9.17) is 27.9 Å². The van der Waals surface area contributed by atoms with Crippen LogP contribution in [0.25, 0.3) is 0 Å². The molecule has 0 radical (unpaired) electrons. The molecular weight excluding hydrogens is 353 g/mol. The van der Waals surface area contributed by atoms with E-state index in [1.807, 2.05) is 0 Å². The highest BCUT2D eigenvalue weighted by Crippen LogP contribution is 2.22. The fourth-order valence-corrected chi connectivity index (χ4v) is 2.20. The average molecular weight is 366 g/mol. The van der Waals surface area contributed by atoms with Crippen LogP contribution < -0.4 is 15.5 Å². The van der Waals surface area contributed by atoms with Gasteiger partial charge in [-0.15, -0.1) is 0 Å². The molecule has 0 bridgehead atoms. The summed E-state index contributed by atoms with van der Waals surface area (Å²) in [6.45, 7) is 0. The molecule has 2 N–H and O–H groups in total. The Labute approximate surface area is 148 Å². The molecule has 2 amide bonds.